The van der Waals surface area contributed by atoms with E-state index in [2.05, 4.69) is 51.8 Å². The largest absolute Gasteiger partial charge is 0.317 e. The molecule has 1 N–H and O–H groups in total. The Labute approximate surface area is 107 Å². The van der Waals surface area contributed by atoms with E-state index in [1.165, 1.54) is 12.1 Å². The van der Waals surface area contributed by atoms with E-state index in [0.29, 0.717) is 5.92 Å². The van der Waals surface area contributed by atoms with E-state index in [9.17, 15) is 0 Å². The number of aryl methyl sites for hydroxylation is 1. The smallest absolute Gasteiger partial charge is 0.0635 e. The molecule has 0 aliphatic carbocycles. The summed E-state index contributed by atoms with van der Waals surface area (Å²) in [4.78, 5) is 0. The third kappa shape index (κ3) is 3.59. The maximum absolute atomic E-state index is 4.35. The number of aromatic nitrogens is 2. The molecule has 0 aliphatic rings. The van der Waals surface area contributed by atoms with Crippen molar-refractivity contribution in [2.45, 2.75) is 46.1 Å². The van der Waals surface area contributed by atoms with Crippen molar-refractivity contribution in [1.82, 2.24) is 15.1 Å². The van der Waals surface area contributed by atoms with Crippen molar-refractivity contribution < 1.29 is 0 Å². The molecule has 3 nitrogen and oxygen atoms in total. The van der Waals surface area contributed by atoms with E-state index in [1.54, 1.807) is 0 Å². The highest BCUT2D eigenvalue weighted by molar-refractivity contribution is 9.10. The Morgan fingerprint density at radius 1 is 1.44 bits per heavy atom. The van der Waals surface area contributed by atoms with Gasteiger partial charge in [-0.15, -0.1) is 0 Å². The second-order valence-electron chi connectivity index (χ2n) is 4.13. The third-order valence-corrected chi connectivity index (χ3v) is 3.39. The Bertz CT molecular complexity index is 309. The fourth-order valence-corrected chi connectivity index (χ4v) is 2.56. The van der Waals surface area contributed by atoms with Gasteiger partial charge in [-0.25, -0.2) is 0 Å². The summed E-state index contributed by atoms with van der Waals surface area (Å²) in [5.41, 5.74) is 1.32. The summed E-state index contributed by atoms with van der Waals surface area (Å²) in [6.45, 7) is 9.72. The second kappa shape index (κ2) is 7.07. The van der Waals surface area contributed by atoms with E-state index < -0.39 is 0 Å². The van der Waals surface area contributed by atoms with Gasteiger partial charge in [0.1, 0.15) is 0 Å². The number of hydrogen-bond donors (Lipinski definition) is 1. The van der Waals surface area contributed by atoms with Crippen LogP contribution in [0.2, 0.25) is 0 Å². The fraction of sp³-hybridized carbons (Fsp3) is 0.750. The number of hydrogen-bond acceptors (Lipinski definition) is 2. The van der Waals surface area contributed by atoms with E-state index in [-0.39, 0.29) is 0 Å². The van der Waals surface area contributed by atoms with Gasteiger partial charge in [0.05, 0.1) is 16.4 Å². The van der Waals surface area contributed by atoms with Crippen molar-refractivity contribution in [2.75, 3.05) is 13.1 Å². The highest BCUT2D eigenvalue weighted by atomic mass is 79.9. The minimum atomic E-state index is 0.543. The summed E-state index contributed by atoms with van der Waals surface area (Å²) in [6.07, 6.45) is 4.25. The molecule has 0 saturated carbocycles. The highest BCUT2D eigenvalue weighted by Crippen LogP contribution is 2.26. The Balaban J connectivity index is 2.51. The predicted octanol–water partition coefficient (Wildman–Crippen LogP) is 3.16. The molecular formula is C12H22BrN3. The van der Waals surface area contributed by atoms with Gasteiger partial charge in [0, 0.05) is 12.5 Å². The first kappa shape index (κ1) is 13.7. The molecule has 0 fully saturated rings. The minimum absolute atomic E-state index is 0.543. The van der Waals surface area contributed by atoms with Crippen LogP contribution in [0.4, 0.5) is 0 Å². The Kier molecular flexibility index (Phi) is 6.06. The summed E-state index contributed by atoms with van der Waals surface area (Å²) < 4.78 is 3.21. The Hall–Kier alpha value is -0.350. The average Bonchev–Trinajstić information content (AvgIpc) is 2.65. The van der Waals surface area contributed by atoms with Crippen LogP contribution >= 0.6 is 15.9 Å². The summed E-state index contributed by atoms with van der Waals surface area (Å²) in [5, 5.41) is 7.79. The minimum Gasteiger partial charge on any atom is -0.317 e. The van der Waals surface area contributed by atoms with Gasteiger partial charge in [0.2, 0.25) is 0 Å². The molecule has 1 unspecified atom stereocenters. The van der Waals surface area contributed by atoms with Crippen LogP contribution in [0.25, 0.3) is 0 Å². The highest BCUT2D eigenvalue weighted by Gasteiger charge is 2.14. The first-order chi connectivity index (χ1) is 7.70. The first-order valence-electron chi connectivity index (χ1n) is 6.12. The lowest BCUT2D eigenvalue weighted by atomic mass is 10.0. The van der Waals surface area contributed by atoms with Crippen molar-refractivity contribution in [3.63, 3.8) is 0 Å². The van der Waals surface area contributed by atoms with Gasteiger partial charge in [-0.3, -0.25) is 4.68 Å². The normalized spacial score (nSPS) is 13.0. The van der Waals surface area contributed by atoms with Gasteiger partial charge in [0.15, 0.2) is 0 Å². The molecule has 16 heavy (non-hydrogen) atoms. The molecule has 1 atom stereocenters. The topological polar surface area (TPSA) is 29.9 Å². The van der Waals surface area contributed by atoms with Crippen molar-refractivity contribution >= 4 is 15.9 Å². The van der Waals surface area contributed by atoms with Crippen LogP contribution in [0.5, 0.6) is 0 Å². The molecule has 0 amide bonds. The standard InChI is InChI=1S/C12H22BrN3/c1-4-7-14-8-6-10(3)12-11(13)9-15-16(12)5-2/h9-10,14H,4-8H2,1-3H3. The third-order valence-electron chi connectivity index (χ3n) is 2.78. The SMILES string of the molecule is CCCNCCC(C)c1c(Br)cnn1CC. The maximum Gasteiger partial charge on any atom is 0.0635 e. The Morgan fingerprint density at radius 3 is 2.81 bits per heavy atom. The van der Waals surface area contributed by atoms with Crippen LogP contribution in [-0.2, 0) is 6.54 Å². The Morgan fingerprint density at radius 2 is 2.19 bits per heavy atom. The molecule has 1 rings (SSSR count). The quantitative estimate of drug-likeness (QED) is 0.781. The number of nitrogens with one attached hydrogen (secondary N) is 1. The van der Waals surface area contributed by atoms with E-state index in [1.807, 2.05) is 6.20 Å². The average molecular weight is 288 g/mol. The lowest BCUT2D eigenvalue weighted by Gasteiger charge is -2.14. The van der Waals surface area contributed by atoms with E-state index >= 15 is 0 Å². The molecule has 4 heteroatoms. The molecule has 0 aliphatic heterocycles. The zero-order valence-corrected chi connectivity index (χ0v) is 12.0. The van der Waals surface area contributed by atoms with E-state index in [0.717, 1.165) is 30.5 Å². The van der Waals surface area contributed by atoms with Crippen LogP contribution in [-0.4, -0.2) is 22.9 Å². The lowest BCUT2D eigenvalue weighted by Crippen LogP contribution is -2.18. The van der Waals surface area contributed by atoms with Gasteiger partial charge in [-0.2, -0.15) is 5.10 Å². The van der Waals surface area contributed by atoms with Crippen LogP contribution < -0.4 is 5.32 Å². The number of nitrogens with zero attached hydrogens (tertiary/aromatic N) is 2. The van der Waals surface area contributed by atoms with Crippen molar-refractivity contribution in [3.8, 4) is 0 Å². The number of rotatable bonds is 7. The summed E-state index contributed by atoms with van der Waals surface area (Å²) in [6, 6.07) is 0. The van der Waals surface area contributed by atoms with Crippen molar-refractivity contribution in [2.24, 2.45) is 0 Å². The summed E-state index contributed by atoms with van der Waals surface area (Å²) in [7, 11) is 0. The monoisotopic (exact) mass is 287 g/mol. The fourth-order valence-electron chi connectivity index (χ4n) is 1.87. The zero-order chi connectivity index (χ0) is 12.0. The van der Waals surface area contributed by atoms with Crippen LogP contribution in [0, 0.1) is 0 Å². The number of halogens is 1. The molecule has 0 saturated heterocycles. The predicted molar refractivity (Wildman–Crippen MR) is 71.8 cm³/mol. The van der Waals surface area contributed by atoms with E-state index in [4.69, 9.17) is 0 Å². The second-order valence-corrected chi connectivity index (χ2v) is 4.99. The van der Waals surface area contributed by atoms with Crippen LogP contribution in [0.1, 0.15) is 45.2 Å². The molecule has 0 aromatic carbocycles. The molecule has 0 spiro atoms. The van der Waals surface area contributed by atoms with Crippen molar-refractivity contribution in [1.29, 1.82) is 0 Å². The van der Waals surface area contributed by atoms with Gasteiger partial charge >= 0.3 is 0 Å². The maximum atomic E-state index is 4.35. The molecule has 92 valence electrons. The molecule has 0 radical (unpaired) electrons. The van der Waals surface area contributed by atoms with Crippen molar-refractivity contribution in [3.05, 3.63) is 16.4 Å². The summed E-state index contributed by atoms with van der Waals surface area (Å²) in [5.74, 6) is 0.543. The molecule has 0 bridgehead atoms. The molecule has 1 heterocycles. The molecule has 1 aromatic heterocycles. The van der Waals surface area contributed by atoms with Gasteiger partial charge < -0.3 is 5.32 Å². The zero-order valence-electron chi connectivity index (χ0n) is 10.5. The van der Waals surface area contributed by atoms with Crippen LogP contribution in [0.3, 0.4) is 0 Å². The molecular weight excluding hydrogens is 266 g/mol. The van der Waals surface area contributed by atoms with Gasteiger partial charge in [0.25, 0.3) is 0 Å². The molecule has 1 aromatic rings. The van der Waals surface area contributed by atoms with Crippen LogP contribution in [0.15, 0.2) is 10.7 Å². The van der Waals surface area contributed by atoms with Gasteiger partial charge in [-0.05, 0) is 48.8 Å². The summed E-state index contributed by atoms with van der Waals surface area (Å²) >= 11 is 3.58. The lowest BCUT2D eigenvalue weighted by molar-refractivity contribution is 0.535. The van der Waals surface area contributed by atoms with Gasteiger partial charge in [-0.1, -0.05) is 13.8 Å². The first-order valence-corrected chi connectivity index (χ1v) is 6.91.